The monoisotopic (exact) mass is 377 g/mol. The van der Waals surface area contributed by atoms with Gasteiger partial charge in [-0.25, -0.2) is 4.79 Å². The van der Waals surface area contributed by atoms with Crippen LogP contribution in [0.15, 0.2) is 29.2 Å². The Hall–Kier alpha value is -2.55. The fourth-order valence-corrected chi connectivity index (χ4v) is 3.37. The van der Waals surface area contributed by atoms with E-state index in [1.54, 1.807) is 4.90 Å². The fraction of sp³-hybridized carbons (Fsp3) is 0.412. The number of urea groups is 1. The lowest BCUT2D eigenvalue weighted by Crippen LogP contribution is -2.42. The van der Waals surface area contributed by atoms with Gasteiger partial charge in [0.1, 0.15) is 0 Å². The molecule has 0 aromatic heterocycles. The lowest BCUT2D eigenvalue weighted by Gasteiger charge is -2.28. The number of carbonyl (C=O) groups excluding carboxylic acids is 4. The van der Waals surface area contributed by atoms with E-state index in [0.29, 0.717) is 5.75 Å². The second-order valence-electron chi connectivity index (χ2n) is 6.01. The number of rotatable bonds is 6. The lowest BCUT2D eigenvalue weighted by atomic mass is 10.2. The summed E-state index contributed by atoms with van der Waals surface area (Å²) in [7, 11) is 0. The van der Waals surface area contributed by atoms with Crippen LogP contribution in [0.2, 0.25) is 0 Å². The zero-order chi connectivity index (χ0) is 18.5. The first-order chi connectivity index (χ1) is 12.5. The minimum Gasteiger partial charge on any atom is -0.456 e. The Bertz CT molecular complexity index is 735. The number of nitrogens with zero attached hydrogens (tertiary/aromatic N) is 1. The highest BCUT2D eigenvalue weighted by Crippen LogP contribution is 2.34. The van der Waals surface area contributed by atoms with E-state index in [4.69, 9.17) is 4.74 Å². The Morgan fingerprint density at radius 2 is 2.00 bits per heavy atom. The number of esters is 1. The molecule has 4 amide bonds. The quantitative estimate of drug-likeness (QED) is 0.718. The van der Waals surface area contributed by atoms with E-state index in [9.17, 15) is 19.2 Å². The molecule has 3 rings (SSSR count). The third-order valence-corrected chi connectivity index (χ3v) is 4.93. The molecule has 2 aliphatic rings. The van der Waals surface area contributed by atoms with E-state index in [1.807, 2.05) is 24.3 Å². The summed E-state index contributed by atoms with van der Waals surface area (Å²) in [5.41, 5.74) is 0.774. The minimum atomic E-state index is -0.688. The average molecular weight is 377 g/mol. The van der Waals surface area contributed by atoms with Crippen molar-refractivity contribution in [2.45, 2.75) is 30.2 Å². The molecule has 0 atom stereocenters. The molecule has 9 heteroatoms. The summed E-state index contributed by atoms with van der Waals surface area (Å²) >= 11 is 1.46. The smallest absolute Gasteiger partial charge is 0.321 e. The molecule has 0 unspecified atom stereocenters. The topological polar surface area (TPSA) is 105 Å². The fourth-order valence-electron chi connectivity index (χ4n) is 2.43. The Morgan fingerprint density at radius 3 is 2.77 bits per heavy atom. The first kappa shape index (κ1) is 18.2. The second kappa shape index (κ2) is 8.22. The number of anilines is 1. The van der Waals surface area contributed by atoms with E-state index in [2.05, 4.69) is 10.6 Å². The first-order valence-electron chi connectivity index (χ1n) is 8.31. The van der Waals surface area contributed by atoms with Gasteiger partial charge in [0, 0.05) is 17.5 Å². The molecule has 1 saturated carbocycles. The third kappa shape index (κ3) is 4.98. The summed E-state index contributed by atoms with van der Waals surface area (Å²) in [6, 6.07) is 7.03. The number of nitrogens with one attached hydrogen (secondary N) is 2. The molecular formula is C17H19N3O5S. The zero-order valence-electron chi connectivity index (χ0n) is 14.0. The van der Waals surface area contributed by atoms with E-state index in [-0.39, 0.29) is 24.9 Å². The van der Waals surface area contributed by atoms with Crippen LogP contribution in [-0.2, 0) is 19.1 Å². The van der Waals surface area contributed by atoms with Crippen molar-refractivity contribution in [3.63, 3.8) is 0 Å². The number of imide groups is 1. The number of para-hydroxylation sites is 1. The van der Waals surface area contributed by atoms with Crippen molar-refractivity contribution < 1.29 is 23.9 Å². The first-order valence-corrected chi connectivity index (χ1v) is 9.29. The van der Waals surface area contributed by atoms with Crippen LogP contribution < -0.4 is 15.5 Å². The van der Waals surface area contributed by atoms with Crippen LogP contribution in [0.3, 0.4) is 0 Å². The summed E-state index contributed by atoms with van der Waals surface area (Å²) in [6.45, 7) is -0.351. The normalized spacial score (nSPS) is 15.8. The van der Waals surface area contributed by atoms with Gasteiger partial charge in [-0.05, 0) is 25.0 Å². The van der Waals surface area contributed by atoms with Gasteiger partial charge < -0.3 is 15.0 Å². The van der Waals surface area contributed by atoms with Crippen molar-refractivity contribution in [3.05, 3.63) is 24.3 Å². The highest BCUT2D eigenvalue weighted by atomic mass is 32.2. The van der Waals surface area contributed by atoms with E-state index in [0.717, 1.165) is 23.4 Å². The highest BCUT2D eigenvalue weighted by molar-refractivity contribution is 8.00. The second-order valence-corrected chi connectivity index (χ2v) is 7.03. The van der Waals surface area contributed by atoms with Crippen molar-refractivity contribution in [1.82, 2.24) is 10.6 Å². The Kier molecular flexibility index (Phi) is 5.77. The van der Waals surface area contributed by atoms with Gasteiger partial charge >= 0.3 is 12.0 Å². The molecule has 8 nitrogen and oxygen atoms in total. The molecule has 1 heterocycles. The van der Waals surface area contributed by atoms with Crippen LogP contribution in [0, 0.1) is 0 Å². The molecule has 26 heavy (non-hydrogen) atoms. The van der Waals surface area contributed by atoms with Crippen LogP contribution in [0.5, 0.6) is 0 Å². The van der Waals surface area contributed by atoms with Gasteiger partial charge in [0.2, 0.25) is 5.91 Å². The summed E-state index contributed by atoms with van der Waals surface area (Å²) in [5.74, 6) is -1.04. The predicted octanol–water partition coefficient (Wildman–Crippen LogP) is 1.05. The molecule has 1 aromatic rings. The molecule has 0 spiro atoms. The summed E-state index contributed by atoms with van der Waals surface area (Å²) in [5, 5.41) is 4.70. The van der Waals surface area contributed by atoms with E-state index < -0.39 is 24.5 Å². The summed E-state index contributed by atoms with van der Waals surface area (Å²) in [6.07, 6.45) is 1.78. The Labute approximate surface area is 154 Å². The van der Waals surface area contributed by atoms with Crippen LogP contribution in [0.25, 0.3) is 0 Å². The Balaban J connectivity index is 1.41. The van der Waals surface area contributed by atoms with Crippen LogP contribution >= 0.6 is 11.8 Å². The van der Waals surface area contributed by atoms with Gasteiger partial charge in [-0.3, -0.25) is 19.7 Å². The van der Waals surface area contributed by atoms with Crippen LogP contribution in [0.1, 0.15) is 19.3 Å². The standard InChI is InChI=1S/C17H19N3O5S/c21-14(19-17(24)18-11-5-6-11)9-25-16(23)7-8-20-12-3-1-2-4-13(12)26-10-15(20)22/h1-4,11H,5-10H2,(H2,18,19,21,24). The summed E-state index contributed by atoms with van der Waals surface area (Å²) in [4.78, 5) is 49.4. The van der Waals surface area contributed by atoms with Gasteiger partial charge in [-0.15, -0.1) is 11.8 Å². The number of fused-ring (bicyclic) bond motifs is 1. The third-order valence-electron chi connectivity index (χ3n) is 3.88. The number of hydrogen-bond acceptors (Lipinski definition) is 6. The van der Waals surface area contributed by atoms with Gasteiger partial charge in [0.25, 0.3) is 5.91 Å². The molecule has 0 bridgehead atoms. The molecule has 1 aromatic carbocycles. The van der Waals surface area contributed by atoms with Crippen molar-refractivity contribution in [2.75, 3.05) is 23.8 Å². The Morgan fingerprint density at radius 1 is 1.23 bits per heavy atom. The van der Waals surface area contributed by atoms with Crippen molar-refractivity contribution in [1.29, 1.82) is 0 Å². The average Bonchev–Trinajstić information content (AvgIpc) is 3.43. The number of benzene rings is 1. The van der Waals surface area contributed by atoms with Crippen molar-refractivity contribution >= 4 is 41.3 Å². The molecule has 0 radical (unpaired) electrons. The lowest BCUT2D eigenvalue weighted by molar-refractivity contribution is -0.148. The summed E-state index contributed by atoms with van der Waals surface area (Å²) < 4.78 is 4.87. The molecule has 1 aliphatic carbocycles. The maximum atomic E-state index is 12.1. The van der Waals surface area contributed by atoms with Gasteiger partial charge in [-0.2, -0.15) is 0 Å². The minimum absolute atomic E-state index is 0.0354. The maximum Gasteiger partial charge on any atom is 0.321 e. The van der Waals surface area contributed by atoms with Gasteiger partial charge in [-0.1, -0.05) is 12.1 Å². The van der Waals surface area contributed by atoms with Crippen molar-refractivity contribution in [2.24, 2.45) is 0 Å². The zero-order valence-corrected chi connectivity index (χ0v) is 14.8. The number of hydrogen-bond donors (Lipinski definition) is 2. The molecular weight excluding hydrogens is 358 g/mol. The van der Waals surface area contributed by atoms with Gasteiger partial charge in [0.05, 0.1) is 17.9 Å². The molecule has 1 fully saturated rings. The SMILES string of the molecule is O=C(COC(=O)CCN1C(=O)CSc2ccccc21)NC(=O)NC1CC1. The largest absolute Gasteiger partial charge is 0.456 e. The van der Waals surface area contributed by atoms with Gasteiger partial charge in [0.15, 0.2) is 6.61 Å². The van der Waals surface area contributed by atoms with E-state index in [1.165, 1.54) is 11.8 Å². The number of thioether (sulfide) groups is 1. The predicted molar refractivity (Wildman–Crippen MR) is 94.8 cm³/mol. The molecule has 2 N–H and O–H groups in total. The highest BCUT2D eigenvalue weighted by Gasteiger charge is 2.26. The van der Waals surface area contributed by atoms with E-state index >= 15 is 0 Å². The van der Waals surface area contributed by atoms with Crippen molar-refractivity contribution in [3.8, 4) is 0 Å². The van der Waals surface area contributed by atoms with Crippen LogP contribution in [0.4, 0.5) is 10.5 Å². The maximum absolute atomic E-state index is 12.1. The number of ether oxygens (including phenoxy) is 1. The molecule has 1 aliphatic heterocycles. The number of carbonyl (C=O) groups is 4. The van der Waals surface area contributed by atoms with Crippen LogP contribution in [-0.4, -0.2) is 48.8 Å². The number of amides is 4. The molecule has 138 valence electrons. The molecule has 0 saturated heterocycles.